The lowest BCUT2D eigenvalue weighted by molar-refractivity contribution is -0.137. The van der Waals surface area contributed by atoms with Gasteiger partial charge in [0.1, 0.15) is 11.8 Å². The molecule has 0 spiro atoms. The van der Waals surface area contributed by atoms with Crippen LogP contribution in [0.25, 0.3) is 0 Å². The van der Waals surface area contributed by atoms with E-state index in [1.54, 1.807) is 41.3 Å². The second-order valence-electron chi connectivity index (χ2n) is 7.39. The van der Waals surface area contributed by atoms with Crippen molar-refractivity contribution in [1.82, 2.24) is 4.90 Å². The Balaban J connectivity index is 1.98. The summed E-state index contributed by atoms with van der Waals surface area (Å²) in [5.41, 5.74) is 1.28. The lowest BCUT2D eigenvalue weighted by atomic mass is 9.94. The van der Waals surface area contributed by atoms with Crippen molar-refractivity contribution in [3.05, 3.63) is 63.1 Å². The molecule has 0 saturated carbocycles. The van der Waals surface area contributed by atoms with Crippen LogP contribution < -0.4 is 4.74 Å². The van der Waals surface area contributed by atoms with Gasteiger partial charge in [0, 0.05) is 24.9 Å². The van der Waals surface area contributed by atoms with Crippen LogP contribution in [-0.4, -0.2) is 41.6 Å². The molecule has 0 aliphatic carbocycles. The summed E-state index contributed by atoms with van der Waals surface area (Å²) < 4.78 is 5.77. The van der Waals surface area contributed by atoms with Crippen LogP contribution in [0.2, 0.25) is 10.0 Å². The fraction of sp³-hybridized carbons (Fsp3) is 0.318. The molecule has 2 aromatic rings. The minimum absolute atomic E-state index is 0.00636. The van der Waals surface area contributed by atoms with Gasteiger partial charge in [0.15, 0.2) is 0 Å². The van der Waals surface area contributed by atoms with E-state index in [4.69, 9.17) is 27.9 Å². The molecule has 3 rings (SSSR count). The summed E-state index contributed by atoms with van der Waals surface area (Å²) in [5.74, 6) is -1.49. The average molecular weight is 447 g/mol. The third-order valence-corrected chi connectivity index (χ3v) is 5.71. The topological polar surface area (TPSA) is 90.6 Å². The first kappa shape index (κ1) is 21.9. The van der Waals surface area contributed by atoms with E-state index in [1.165, 1.54) is 0 Å². The molecule has 0 fully saturated rings. The molecule has 156 valence electrons. The highest BCUT2D eigenvalue weighted by Gasteiger charge is 2.29. The zero-order valence-corrected chi connectivity index (χ0v) is 17.8. The monoisotopic (exact) mass is 446 g/mol. The van der Waals surface area contributed by atoms with Gasteiger partial charge in [-0.1, -0.05) is 42.3 Å². The molecule has 6 nitrogen and oxygen atoms in total. The number of rotatable bonds is 5. The molecule has 1 aliphatic rings. The molecule has 0 aromatic heterocycles. The smallest absolute Gasteiger partial charge is 0.304 e. The van der Waals surface area contributed by atoms with E-state index in [0.717, 1.165) is 0 Å². The van der Waals surface area contributed by atoms with Crippen molar-refractivity contribution in [2.24, 2.45) is 5.92 Å². The number of carbonyl (C=O) groups excluding carboxylic acids is 1. The number of carboxylic acid groups (broad SMARTS) is 1. The standard InChI is InChI=1S/C22H20Cl2N2O4/c1-13-10-26(22(29)17-4-2-3-15(9-25)21(17)30-12-13)11-16(8-20(27)28)14-5-6-18(23)19(24)7-14/h2-7,13,16H,8,10-12H2,1H3,(H,27,28). The van der Waals surface area contributed by atoms with Crippen LogP contribution in [-0.2, 0) is 4.79 Å². The van der Waals surface area contributed by atoms with Crippen LogP contribution >= 0.6 is 23.2 Å². The van der Waals surface area contributed by atoms with E-state index in [-0.39, 0.29) is 30.5 Å². The maximum Gasteiger partial charge on any atom is 0.304 e. The molecule has 2 aromatic carbocycles. The van der Waals surface area contributed by atoms with Gasteiger partial charge < -0.3 is 14.7 Å². The number of fused-ring (bicyclic) bond motifs is 1. The lowest BCUT2D eigenvalue weighted by Gasteiger charge is -2.32. The summed E-state index contributed by atoms with van der Waals surface area (Å²) in [6.07, 6.45) is -0.169. The highest BCUT2D eigenvalue weighted by Crippen LogP contribution is 2.32. The molecule has 8 heteroatoms. The number of carbonyl (C=O) groups is 2. The van der Waals surface area contributed by atoms with Crippen molar-refractivity contribution < 1.29 is 19.4 Å². The largest absolute Gasteiger partial charge is 0.491 e. The fourth-order valence-corrected chi connectivity index (χ4v) is 3.85. The van der Waals surface area contributed by atoms with Gasteiger partial charge in [0.2, 0.25) is 0 Å². The van der Waals surface area contributed by atoms with Gasteiger partial charge in [-0.15, -0.1) is 0 Å². The zero-order valence-electron chi connectivity index (χ0n) is 16.3. The number of halogens is 2. The number of aliphatic carboxylic acids is 1. The first-order valence-electron chi connectivity index (χ1n) is 9.42. The Bertz CT molecular complexity index is 1020. The van der Waals surface area contributed by atoms with E-state index in [2.05, 4.69) is 6.07 Å². The SMILES string of the molecule is CC1COc2c(C#N)cccc2C(=O)N(CC(CC(=O)O)c2ccc(Cl)c(Cl)c2)C1. The molecule has 0 bridgehead atoms. The first-order valence-corrected chi connectivity index (χ1v) is 10.2. The number of benzene rings is 2. The predicted octanol–water partition coefficient (Wildman–Crippen LogP) is 4.59. The summed E-state index contributed by atoms with van der Waals surface area (Å²) in [6.45, 7) is 2.85. The lowest BCUT2D eigenvalue weighted by Crippen LogP contribution is -2.41. The number of hydrogen-bond acceptors (Lipinski definition) is 4. The summed E-state index contributed by atoms with van der Waals surface area (Å²) in [7, 11) is 0. The number of ether oxygens (including phenoxy) is 1. The van der Waals surface area contributed by atoms with Crippen LogP contribution in [0.3, 0.4) is 0 Å². The summed E-state index contributed by atoms with van der Waals surface area (Å²) in [4.78, 5) is 26.5. The van der Waals surface area contributed by atoms with Gasteiger partial charge in [0.05, 0.1) is 34.2 Å². The summed E-state index contributed by atoms with van der Waals surface area (Å²) in [6, 6.07) is 11.9. The number of hydrogen-bond donors (Lipinski definition) is 1. The molecule has 2 unspecified atom stereocenters. The quantitative estimate of drug-likeness (QED) is 0.724. The van der Waals surface area contributed by atoms with Crippen molar-refractivity contribution in [2.45, 2.75) is 19.3 Å². The van der Waals surface area contributed by atoms with E-state index >= 15 is 0 Å². The van der Waals surface area contributed by atoms with Gasteiger partial charge >= 0.3 is 5.97 Å². The van der Waals surface area contributed by atoms with Crippen molar-refractivity contribution >= 4 is 35.1 Å². The Labute approximate surface area is 184 Å². The molecule has 1 heterocycles. The molecule has 0 radical (unpaired) electrons. The normalized spacial score (nSPS) is 17.2. The Kier molecular flexibility index (Phi) is 6.86. The molecule has 1 aliphatic heterocycles. The molecule has 2 atom stereocenters. The molecule has 1 N–H and O–H groups in total. The highest BCUT2D eigenvalue weighted by atomic mass is 35.5. The summed E-state index contributed by atoms with van der Waals surface area (Å²) in [5, 5.41) is 19.5. The fourth-order valence-electron chi connectivity index (χ4n) is 3.55. The van der Waals surface area contributed by atoms with Crippen LogP contribution in [0.15, 0.2) is 36.4 Å². The summed E-state index contributed by atoms with van der Waals surface area (Å²) >= 11 is 12.1. The zero-order chi connectivity index (χ0) is 21.8. The number of carboxylic acids is 1. The minimum atomic E-state index is -0.978. The van der Waals surface area contributed by atoms with Crippen molar-refractivity contribution in [3.8, 4) is 11.8 Å². The minimum Gasteiger partial charge on any atom is -0.491 e. The number of amides is 1. The Hall–Kier alpha value is -2.75. The maximum atomic E-state index is 13.3. The third kappa shape index (κ3) is 4.86. The van der Waals surface area contributed by atoms with Crippen LogP contribution in [0, 0.1) is 17.2 Å². The molecule has 1 amide bonds. The second-order valence-corrected chi connectivity index (χ2v) is 8.20. The average Bonchev–Trinajstić information content (AvgIpc) is 2.71. The van der Waals surface area contributed by atoms with Gasteiger partial charge in [-0.25, -0.2) is 0 Å². The van der Waals surface area contributed by atoms with E-state index in [0.29, 0.717) is 39.9 Å². The number of nitriles is 1. The highest BCUT2D eigenvalue weighted by molar-refractivity contribution is 6.42. The van der Waals surface area contributed by atoms with Gasteiger partial charge in [-0.2, -0.15) is 5.26 Å². The van der Waals surface area contributed by atoms with Crippen LogP contribution in [0.1, 0.15) is 40.7 Å². The molecular weight excluding hydrogens is 427 g/mol. The second kappa shape index (κ2) is 9.38. The van der Waals surface area contributed by atoms with Gasteiger partial charge in [0.25, 0.3) is 5.91 Å². The Morgan fingerprint density at radius 2 is 2.10 bits per heavy atom. The van der Waals surface area contributed by atoms with E-state index in [9.17, 15) is 20.0 Å². The van der Waals surface area contributed by atoms with Crippen molar-refractivity contribution in [3.63, 3.8) is 0 Å². The Morgan fingerprint density at radius 1 is 1.33 bits per heavy atom. The molecule has 30 heavy (non-hydrogen) atoms. The third-order valence-electron chi connectivity index (χ3n) is 4.97. The van der Waals surface area contributed by atoms with E-state index in [1.807, 2.05) is 6.92 Å². The first-order chi connectivity index (χ1) is 14.3. The van der Waals surface area contributed by atoms with Gasteiger partial charge in [-0.05, 0) is 29.8 Å². The van der Waals surface area contributed by atoms with Crippen molar-refractivity contribution in [1.29, 1.82) is 5.26 Å². The maximum absolute atomic E-state index is 13.3. The molecule has 0 saturated heterocycles. The number of nitrogens with zero attached hydrogens (tertiary/aromatic N) is 2. The predicted molar refractivity (Wildman–Crippen MR) is 113 cm³/mol. The van der Waals surface area contributed by atoms with Crippen LogP contribution in [0.5, 0.6) is 5.75 Å². The van der Waals surface area contributed by atoms with Gasteiger partial charge in [-0.3, -0.25) is 9.59 Å². The van der Waals surface area contributed by atoms with Crippen LogP contribution in [0.4, 0.5) is 0 Å². The Morgan fingerprint density at radius 3 is 2.77 bits per heavy atom. The van der Waals surface area contributed by atoms with Crippen molar-refractivity contribution in [2.75, 3.05) is 19.7 Å². The molecular formula is C22H20Cl2N2O4. The number of para-hydroxylation sites is 1. The van der Waals surface area contributed by atoms with E-state index < -0.39 is 11.9 Å².